The molecule has 0 N–H and O–H groups in total. The van der Waals surface area contributed by atoms with Crippen LogP contribution in [0.25, 0.3) is 95.0 Å². The average Bonchev–Trinajstić information content (AvgIpc) is 3.78. The lowest BCUT2D eigenvalue weighted by atomic mass is 10.0. The highest BCUT2D eigenvalue weighted by Gasteiger charge is 2.21. The molecule has 0 aliphatic rings. The first-order chi connectivity index (χ1) is 24.8. The van der Waals surface area contributed by atoms with Crippen molar-refractivity contribution in [3.63, 3.8) is 0 Å². The number of hydrogen-bond donors (Lipinski definition) is 0. The van der Waals surface area contributed by atoms with Crippen molar-refractivity contribution in [1.29, 1.82) is 0 Å². The summed E-state index contributed by atoms with van der Waals surface area (Å²) in [5.41, 5.74) is 8.62. The molecule has 0 aliphatic heterocycles. The van der Waals surface area contributed by atoms with Crippen molar-refractivity contribution in [3.05, 3.63) is 164 Å². The highest BCUT2D eigenvalue weighted by Crippen LogP contribution is 2.41. The number of fused-ring (bicyclic) bond motifs is 5. The van der Waals surface area contributed by atoms with Gasteiger partial charge in [0, 0.05) is 38.4 Å². The van der Waals surface area contributed by atoms with E-state index in [2.05, 4.69) is 83.4 Å². The SMILES string of the molecule is c1ccc(-c2nc(-c3ccccc3)nc(-c3ccc(-n4c5ccccc5c5c(-c6nc7ccccc7o6)cccc54)c4ccccc34)n2)cc1. The number of aromatic nitrogens is 5. The lowest BCUT2D eigenvalue weighted by Crippen LogP contribution is -2.01. The zero-order valence-corrected chi connectivity index (χ0v) is 26.7. The van der Waals surface area contributed by atoms with Gasteiger partial charge >= 0.3 is 0 Å². The summed E-state index contributed by atoms with van der Waals surface area (Å²) in [6.45, 7) is 0. The van der Waals surface area contributed by atoms with Crippen LogP contribution in [0.4, 0.5) is 0 Å². The van der Waals surface area contributed by atoms with Gasteiger partial charge in [-0.15, -0.1) is 0 Å². The largest absolute Gasteiger partial charge is 0.436 e. The van der Waals surface area contributed by atoms with Gasteiger partial charge in [-0.3, -0.25) is 0 Å². The van der Waals surface area contributed by atoms with E-state index < -0.39 is 0 Å². The van der Waals surface area contributed by atoms with Gasteiger partial charge in [-0.2, -0.15) is 0 Å². The van der Waals surface area contributed by atoms with Crippen molar-refractivity contribution in [2.75, 3.05) is 0 Å². The molecule has 3 heterocycles. The first-order valence-electron chi connectivity index (χ1n) is 16.6. The van der Waals surface area contributed by atoms with Gasteiger partial charge in [0.1, 0.15) is 5.52 Å². The van der Waals surface area contributed by atoms with Crippen LogP contribution in [-0.4, -0.2) is 24.5 Å². The second kappa shape index (κ2) is 11.4. The van der Waals surface area contributed by atoms with Crippen LogP contribution in [0.5, 0.6) is 0 Å². The molecule has 0 spiro atoms. The molecular weight excluding hydrogens is 615 g/mol. The molecule has 0 aliphatic carbocycles. The summed E-state index contributed by atoms with van der Waals surface area (Å²) in [6, 6.07) is 55.8. The fourth-order valence-electron chi connectivity index (χ4n) is 7.05. The van der Waals surface area contributed by atoms with Crippen LogP contribution < -0.4 is 0 Å². The standard InChI is InChI=1S/C44H27N5O/c1-3-14-28(15-4-1)41-46-42(29-16-5-2-6-17-29)48-43(47-41)32-26-27-37(31-19-8-7-18-30(31)32)49-36-23-11-9-20-33(36)40-34(21-13-24-38(40)49)44-45-35-22-10-12-25-39(35)50-44/h1-27H. The van der Waals surface area contributed by atoms with Crippen LogP contribution in [0.3, 0.4) is 0 Å². The van der Waals surface area contributed by atoms with Crippen LogP contribution in [0.15, 0.2) is 168 Å². The van der Waals surface area contributed by atoms with Gasteiger partial charge in [-0.05, 0) is 47.9 Å². The van der Waals surface area contributed by atoms with Gasteiger partial charge in [-0.25, -0.2) is 19.9 Å². The van der Waals surface area contributed by atoms with Crippen LogP contribution >= 0.6 is 0 Å². The molecule has 0 amide bonds. The maximum atomic E-state index is 6.30. The van der Waals surface area contributed by atoms with E-state index in [-0.39, 0.29) is 0 Å². The quantitative estimate of drug-likeness (QED) is 0.187. The lowest BCUT2D eigenvalue weighted by molar-refractivity contribution is 0.620. The molecule has 0 unspecified atom stereocenters. The Hall–Kier alpha value is -6.92. The summed E-state index contributed by atoms with van der Waals surface area (Å²) in [7, 11) is 0. The third kappa shape index (κ3) is 4.50. The van der Waals surface area contributed by atoms with E-state index in [1.165, 1.54) is 0 Å². The average molecular weight is 642 g/mol. The van der Waals surface area contributed by atoms with Crippen molar-refractivity contribution in [1.82, 2.24) is 24.5 Å². The summed E-state index contributed by atoms with van der Waals surface area (Å²) in [4.78, 5) is 19.9. The van der Waals surface area contributed by atoms with E-state index >= 15 is 0 Å². The summed E-state index contributed by atoms with van der Waals surface area (Å²) >= 11 is 0. The third-order valence-corrected chi connectivity index (χ3v) is 9.30. The van der Waals surface area contributed by atoms with E-state index in [0.29, 0.717) is 23.4 Å². The molecule has 7 aromatic carbocycles. The van der Waals surface area contributed by atoms with Gasteiger partial charge in [-0.1, -0.05) is 121 Å². The molecule has 0 saturated carbocycles. The van der Waals surface area contributed by atoms with Crippen LogP contribution in [0.1, 0.15) is 0 Å². The predicted molar refractivity (Wildman–Crippen MR) is 201 cm³/mol. The first kappa shape index (κ1) is 28.1. The third-order valence-electron chi connectivity index (χ3n) is 9.30. The Morgan fingerprint density at radius 3 is 1.74 bits per heavy atom. The Bertz CT molecular complexity index is 2780. The highest BCUT2D eigenvalue weighted by molar-refractivity contribution is 6.16. The van der Waals surface area contributed by atoms with Crippen molar-refractivity contribution >= 4 is 43.7 Å². The lowest BCUT2D eigenvalue weighted by Gasteiger charge is -2.15. The van der Waals surface area contributed by atoms with E-state index in [4.69, 9.17) is 24.4 Å². The number of oxazole rings is 1. The Labute approximate surface area is 287 Å². The minimum atomic E-state index is 0.609. The van der Waals surface area contributed by atoms with E-state index in [1.807, 2.05) is 84.9 Å². The molecular formula is C44H27N5O. The van der Waals surface area contributed by atoms with E-state index in [9.17, 15) is 0 Å². The monoisotopic (exact) mass is 641 g/mol. The van der Waals surface area contributed by atoms with Crippen molar-refractivity contribution < 1.29 is 4.42 Å². The molecule has 0 saturated heterocycles. The number of para-hydroxylation sites is 3. The summed E-state index contributed by atoms with van der Waals surface area (Å²) < 4.78 is 8.65. The zero-order valence-electron chi connectivity index (χ0n) is 26.7. The molecule has 234 valence electrons. The fraction of sp³-hybridized carbons (Fsp3) is 0. The van der Waals surface area contributed by atoms with Crippen molar-refractivity contribution in [3.8, 4) is 51.3 Å². The van der Waals surface area contributed by atoms with E-state index in [0.717, 1.165) is 71.6 Å². The fourth-order valence-corrected chi connectivity index (χ4v) is 7.05. The second-order valence-corrected chi connectivity index (χ2v) is 12.3. The van der Waals surface area contributed by atoms with Gasteiger partial charge in [0.05, 0.1) is 16.7 Å². The number of benzene rings is 7. The molecule has 10 aromatic rings. The molecule has 6 heteroatoms. The smallest absolute Gasteiger partial charge is 0.228 e. The summed E-state index contributed by atoms with van der Waals surface area (Å²) in [6.07, 6.45) is 0. The first-order valence-corrected chi connectivity index (χ1v) is 16.6. The molecule has 3 aromatic heterocycles. The maximum absolute atomic E-state index is 6.30. The Morgan fingerprint density at radius 1 is 0.400 bits per heavy atom. The number of hydrogen-bond acceptors (Lipinski definition) is 5. The summed E-state index contributed by atoms with van der Waals surface area (Å²) in [5, 5.41) is 4.37. The van der Waals surface area contributed by atoms with Crippen LogP contribution in [0.2, 0.25) is 0 Å². The van der Waals surface area contributed by atoms with Gasteiger partial charge in [0.25, 0.3) is 0 Å². The van der Waals surface area contributed by atoms with Crippen LogP contribution in [-0.2, 0) is 0 Å². The minimum absolute atomic E-state index is 0.609. The Balaban J connectivity index is 1.21. The van der Waals surface area contributed by atoms with E-state index in [1.54, 1.807) is 0 Å². The molecule has 0 fully saturated rings. The predicted octanol–water partition coefficient (Wildman–Crippen LogP) is 10.9. The Kier molecular flexibility index (Phi) is 6.39. The number of nitrogens with zero attached hydrogens (tertiary/aromatic N) is 5. The van der Waals surface area contributed by atoms with Gasteiger partial charge in [0.2, 0.25) is 5.89 Å². The molecule has 0 bridgehead atoms. The normalized spacial score (nSPS) is 11.6. The molecule has 0 radical (unpaired) electrons. The molecule has 10 rings (SSSR count). The van der Waals surface area contributed by atoms with Crippen molar-refractivity contribution in [2.24, 2.45) is 0 Å². The summed E-state index contributed by atoms with van der Waals surface area (Å²) in [5.74, 6) is 2.51. The minimum Gasteiger partial charge on any atom is -0.436 e. The molecule has 50 heavy (non-hydrogen) atoms. The van der Waals surface area contributed by atoms with Gasteiger partial charge < -0.3 is 8.98 Å². The maximum Gasteiger partial charge on any atom is 0.228 e. The highest BCUT2D eigenvalue weighted by atomic mass is 16.3. The molecule has 0 atom stereocenters. The Morgan fingerprint density at radius 2 is 1.00 bits per heavy atom. The topological polar surface area (TPSA) is 69.6 Å². The van der Waals surface area contributed by atoms with Crippen molar-refractivity contribution in [2.45, 2.75) is 0 Å². The van der Waals surface area contributed by atoms with Gasteiger partial charge in [0.15, 0.2) is 23.1 Å². The molecule has 6 nitrogen and oxygen atoms in total. The zero-order chi connectivity index (χ0) is 33.0. The second-order valence-electron chi connectivity index (χ2n) is 12.3. The number of rotatable bonds is 5. The van der Waals surface area contributed by atoms with Crippen LogP contribution in [0, 0.1) is 0 Å².